The number of amides is 1. The predicted molar refractivity (Wildman–Crippen MR) is 82.1 cm³/mol. The Morgan fingerprint density at radius 2 is 2.50 bits per heavy atom. The monoisotopic (exact) mass is 308 g/mol. The molecular formula is C14H16N2O2S2. The van der Waals surface area contributed by atoms with Gasteiger partial charge in [-0.25, -0.2) is 0 Å². The summed E-state index contributed by atoms with van der Waals surface area (Å²) in [6, 6.07) is 9.83. The SMILES string of the molecule is COc1cccc(SCC(=O)N[C@]2(C#N)CCSC2)c1. The van der Waals surface area contributed by atoms with Crippen molar-refractivity contribution in [2.24, 2.45) is 0 Å². The van der Waals surface area contributed by atoms with Crippen LogP contribution < -0.4 is 10.1 Å². The second-order valence-electron chi connectivity index (χ2n) is 4.51. The molecule has 1 amide bonds. The number of carbonyl (C=O) groups is 1. The van der Waals surface area contributed by atoms with Crippen LogP contribution in [0.15, 0.2) is 29.2 Å². The van der Waals surface area contributed by atoms with Crippen molar-refractivity contribution in [1.82, 2.24) is 5.32 Å². The van der Waals surface area contributed by atoms with E-state index in [9.17, 15) is 10.1 Å². The van der Waals surface area contributed by atoms with E-state index >= 15 is 0 Å². The zero-order valence-corrected chi connectivity index (χ0v) is 12.9. The Bertz CT molecular complexity index is 522. The smallest absolute Gasteiger partial charge is 0.231 e. The largest absolute Gasteiger partial charge is 0.497 e. The highest BCUT2D eigenvalue weighted by atomic mass is 32.2. The number of methoxy groups -OCH3 is 1. The number of thioether (sulfide) groups is 2. The molecule has 0 saturated carbocycles. The van der Waals surface area contributed by atoms with Crippen molar-refractivity contribution in [1.29, 1.82) is 5.26 Å². The van der Waals surface area contributed by atoms with Crippen molar-refractivity contribution < 1.29 is 9.53 Å². The first-order valence-electron chi connectivity index (χ1n) is 6.24. The summed E-state index contributed by atoms with van der Waals surface area (Å²) in [5.41, 5.74) is -0.670. The predicted octanol–water partition coefficient (Wildman–Crippen LogP) is 2.30. The number of hydrogen-bond donors (Lipinski definition) is 1. The second kappa shape index (κ2) is 6.91. The minimum Gasteiger partial charge on any atom is -0.497 e. The van der Waals surface area contributed by atoms with E-state index in [0.29, 0.717) is 11.5 Å². The van der Waals surface area contributed by atoms with Gasteiger partial charge in [-0.3, -0.25) is 4.79 Å². The topological polar surface area (TPSA) is 62.1 Å². The van der Waals surface area contributed by atoms with Crippen LogP contribution in [0.3, 0.4) is 0 Å². The van der Waals surface area contributed by atoms with Crippen molar-refractivity contribution in [2.75, 3.05) is 24.4 Å². The van der Waals surface area contributed by atoms with Gasteiger partial charge in [0.15, 0.2) is 0 Å². The highest BCUT2D eigenvalue weighted by molar-refractivity contribution is 8.00. The standard InChI is InChI=1S/C14H16N2O2S2/c1-18-11-3-2-4-12(7-11)20-8-13(17)16-14(9-15)5-6-19-10-14/h2-4,7H,5-6,8,10H2,1H3,(H,16,17)/t14-/m0/s1. The Morgan fingerprint density at radius 1 is 1.65 bits per heavy atom. The highest BCUT2D eigenvalue weighted by Crippen LogP contribution is 2.28. The maximum absolute atomic E-state index is 12.0. The summed E-state index contributed by atoms with van der Waals surface area (Å²) in [6.45, 7) is 0. The number of carbonyl (C=O) groups excluding carboxylic acids is 1. The third-order valence-corrected chi connectivity index (χ3v) is 5.21. The molecule has 1 heterocycles. The molecule has 0 spiro atoms. The molecule has 0 aromatic heterocycles. The van der Waals surface area contributed by atoms with Gasteiger partial charge in [0.2, 0.25) is 5.91 Å². The molecule has 6 heteroatoms. The number of rotatable bonds is 5. The number of hydrogen-bond acceptors (Lipinski definition) is 5. The average molecular weight is 308 g/mol. The molecule has 0 bridgehead atoms. The molecule has 20 heavy (non-hydrogen) atoms. The summed E-state index contributed by atoms with van der Waals surface area (Å²) < 4.78 is 5.14. The summed E-state index contributed by atoms with van der Waals surface area (Å²) >= 11 is 3.15. The maximum atomic E-state index is 12.0. The van der Waals surface area contributed by atoms with E-state index in [-0.39, 0.29) is 5.91 Å². The van der Waals surface area contributed by atoms with E-state index in [1.54, 1.807) is 18.9 Å². The number of nitrogens with one attached hydrogen (secondary N) is 1. The maximum Gasteiger partial charge on any atom is 0.231 e. The van der Waals surface area contributed by atoms with Crippen LogP contribution in [-0.4, -0.2) is 35.8 Å². The van der Waals surface area contributed by atoms with Crippen molar-refractivity contribution in [3.8, 4) is 11.8 Å². The Balaban J connectivity index is 1.87. The van der Waals surface area contributed by atoms with Crippen LogP contribution in [0.4, 0.5) is 0 Å². The highest BCUT2D eigenvalue weighted by Gasteiger charge is 2.35. The van der Waals surface area contributed by atoms with E-state index in [1.807, 2.05) is 24.3 Å². The van der Waals surface area contributed by atoms with Crippen molar-refractivity contribution >= 4 is 29.4 Å². The van der Waals surface area contributed by atoms with Gasteiger partial charge in [0, 0.05) is 10.6 Å². The van der Waals surface area contributed by atoms with E-state index in [2.05, 4.69) is 11.4 Å². The lowest BCUT2D eigenvalue weighted by Gasteiger charge is -2.21. The van der Waals surface area contributed by atoms with Gasteiger partial charge in [-0.2, -0.15) is 17.0 Å². The Labute approximate surface area is 127 Å². The fourth-order valence-corrected chi connectivity index (χ4v) is 3.93. The third-order valence-electron chi connectivity index (χ3n) is 3.03. The summed E-state index contributed by atoms with van der Waals surface area (Å²) in [5.74, 6) is 2.59. The van der Waals surface area contributed by atoms with E-state index in [1.165, 1.54) is 11.8 Å². The normalized spacial score (nSPS) is 21.2. The molecular weight excluding hydrogens is 292 g/mol. The van der Waals surface area contributed by atoms with Gasteiger partial charge < -0.3 is 10.1 Å². The lowest BCUT2D eigenvalue weighted by Crippen LogP contribution is -2.48. The van der Waals surface area contributed by atoms with Crippen LogP contribution in [-0.2, 0) is 4.79 Å². The van der Waals surface area contributed by atoms with E-state index in [4.69, 9.17) is 4.74 Å². The van der Waals surface area contributed by atoms with E-state index < -0.39 is 5.54 Å². The molecule has 0 aliphatic carbocycles. The van der Waals surface area contributed by atoms with Crippen LogP contribution in [0.1, 0.15) is 6.42 Å². The average Bonchev–Trinajstić information content (AvgIpc) is 2.94. The quantitative estimate of drug-likeness (QED) is 0.846. The Morgan fingerprint density at radius 3 is 3.15 bits per heavy atom. The van der Waals surface area contributed by atoms with Crippen LogP contribution >= 0.6 is 23.5 Å². The minimum absolute atomic E-state index is 0.0955. The van der Waals surface area contributed by atoms with E-state index in [0.717, 1.165) is 22.8 Å². The van der Waals surface area contributed by atoms with Gasteiger partial charge in [-0.1, -0.05) is 6.07 Å². The first-order valence-corrected chi connectivity index (χ1v) is 8.38. The molecule has 0 radical (unpaired) electrons. The number of ether oxygens (including phenoxy) is 1. The van der Waals surface area contributed by atoms with Crippen molar-refractivity contribution in [2.45, 2.75) is 16.9 Å². The summed E-state index contributed by atoms with van der Waals surface area (Å²) in [5, 5.41) is 12.1. The number of benzene rings is 1. The van der Waals surface area contributed by atoms with Gasteiger partial charge in [-0.15, -0.1) is 11.8 Å². The molecule has 1 aromatic carbocycles. The van der Waals surface area contributed by atoms with Crippen molar-refractivity contribution in [3.63, 3.8) is 0 Å². The second-order valence-corrected chi connectivity index (χ2v) is 6.67. The minimum atomic E-state index is -0.670. The zero-order valence-electron chi connectivity index (χ0n) is 11.2. The van der Waals surface area contributed by atoms with Crippen molar-refractivity contribution in [3.05, 3.63) is 24.3 Å². The summed E-state index contributed by atoms with van der Waals surface area (Å²) in [6.07, 6.45) is 0.726. The van der Waals surface area contributed by atoms with Crippen LogP contribution in [0, 0.1) is 11.3 Å². The van der Waals surface area contributed by atoms with Gasteiger partial charge in [0.25, 0.3) is 0 Å². The van der Waals surface area contributed by atoms with Crippen LogP contribution in [0.25, 0.3) is 0 Å². The molecule has 1 fully saturated rings. The number of nitrogens with zero attached hydrogens (tertiary/aromatic N) is 1. The van der Waals surface area contributed by atoms with Crippen LogP contribution in [0.5, 0.6) is 5.75 Å². The Kier molecular flexibility index (Phi) is 5.21. The number of nitriles is 1. The molecule has 1 atom stereocenters. The summed E-state index contributed by atoms with van der Waals surface area (Å²) in [7, 11) is 1.62. The first kappa shape index (κ1) is 15.1. The molecule has 4 nitrogen and oxygen atoms in total. The van der Waals surface area contributed by atoms with Crippen LogP contribution in [0.2, 0.25) is 0 Å². The molecule has 1 aliphatic heterocycles. The molecule has 1 saturated heterocycles. The van der Waals surface area contributed by atoms with Gasteiger partial charge in [0.05, 0.1) is 18.9 Å². The lowest BCUT2D eigenvalue weighted by atomic mass is 10.0. The molecule has 1 aromatic rings. The molecule has 2 rings (SSSR count). The lowest BCUT2D eigenvalue weighted by molar-refractivity contribution is -0.119. The first-order chi connectivity index (χ1) is 9.67. The molecule has 1 N–H and O–H groups in total. The fraction of sp³-hybridized carbons (Fsp3) is 0.429. The Hall–Kier alpha value is -1.32. The molecule has 1 aliphatic rings. The fourth-order valence-electron chi connectivity index (χ4n) is 1.92. The molecule has 0 unspecified atom stereocenters. The van der Waals surface area contributed by atoms with Gasteiger partial charge >= 0.3 is 0 Å². The van der Waals surface area contributed by atoms with Gasteiger partial charge in [-0.05, 0) is 30.4 Å². The van der Waals surface area contributed by atoms with Gasteiger partial charge in [0.1, 0.15) is 11.3 Å². The molecule has 106 valence electrons. The summed E-state index contributed by atoms with van der Waals surface area (Å²) in [4.78, 5) is 12.9. The zero-order chi connectivity index (χ0) is 14.4. The third kappa shape index (κ3) is 3.84.